The van der Waals surface area contributed by atoms with Gasteiger partial charge in [-0.1, -0.05) is 28.1 Å². The zero-order chi connectivity index (χ0) is 14.4. The Morgan fingerprint density at radius 2 is 2.05 bits per heavy atom. The number of nitrogens with one attached hydrogen (secondary N) is 2. The van der Waals surface area contributed by atoms with Crippen LogP contribution in [-0.4, -0.2) is 34.9 Å². The van der Waals surface area contributed by atoms with Crippen molar-refractivity contribution >= 4 is 27.9 Å². The first-order chi connectivity index (χ1) is 8.93. The van der Waals surface area contributed by atoms with Gasteiger partial charge in [0.15, 0.2) is 6.04 Å². The van der Waals surface area contributed by atoms with Crippen LogP contribution in [0.5, 0.6) is 0 Å². The molecule has 0 saturated heterocycles. The van der Waals surface area contributed by atoms with Gasteiger partial charge in [-0.25, -0.2) is 9.59 Å². The van der Waals surface area contributed by atoms with Gasteiger partial charge >= 0.3 is 12.0 Å². The predicted octanol–water partition coefficient (Wildman–Crippen LogP) is 1.25. The summed E-state index contributed by atoms with van der Waals surface area (Å²) in [6.07, 6.45) is 0. The van der Waals surface area contributed by atoms with Crippen LogP contribution in [0.25, 0.3) is 0 Å². The highest BCUT2D eigenvalue weighted by atomic mass is 79.9. The lowest BCUT2D eigenvalue weighted by Gasteiger charge is -2.17. The van der Waals surface area contributed by atoms with Crippen molar-refractivity contribution in [1.29, 1.82) is 0 Å². The summed E-state index contributed by atoms with van der Waals surface area (Å²) in [6.45, 7) is 1.12. The molecular formula is C12H15BrN2O4. The Labute approximate surface area is 118 Å². The molecule has 2 atom stereocenters. The number of carboxylic acid groups (broad SMARTS) is 1. The number of carbonyl (C=O) groups excluding carboxylic acids is 1. The highest BCUT2D eigenvalue weighted by Crippen LogP contribution is 2.17. The third kappa shape index (κ3) is 4.88. The van der Waals surface area contributed by atoms with E-state index in [-0.39, 0.29) is 6.04 Å². The number of benzene rings is 1. The number of amides is 2. The molecule has 19 heavy (non-hydrogen) atoms. The standard InChI is InChI=1S/C12H15BrN2O4/c1-7(8-3-2-4-9(13)5-8)14-12(19)15-10(6-16)11(17)18/h2-5,7,10,16H,6H2,1H3,(H,17,18)(H2,14,15,19)/t7?,10-/m0/s1. The van der Waals surface area contributed by atoms with Gasteiger partial charge in [-0.3, -0.25) is 0 Å². The van der Waals surface area contributed by atoms with Crippen molar-refractivity contribution in [2.24, 2.45) is 0 Å². The highest BCUT2D eigenvalue weighted by Gasteiger charge is 2.19. The molecule has 2 amide bonds. The molecule has 0 saturated carbocycles. The van der Waals surface area contributed by atoms with Gasteiger partial charge in [0.25, 0.3) is 0 Å². The molecular weight excluding hydrogens is 316 g/mol. The summed E-state index contributed by atoms with van der Waals surface area (Å²) in [6, 6.07) is 5.16. The first-order valence-electron chi connectivity index (χ1n) is 5.60. The van der Waals surface area contributed by atoms with E-state index in [0.717, 1.165) is 10.0 Å². The molecule has 0 aliphatic rings. The number of carboxylic acids is 1. The lowest BCUT2D eigenvalue weighted by atomic mass is 10.1. The molecule has 0 bridgehead atoms. The van der Waals surface area contributed by atoms with Gasteiger partial charge in [0.05, 0.1) is 12.6 Å². The summed E-state index contributed by atoms with van der Waals surface area (Å²) in [7, 11) is 0. The second kappa shape index (κ2) is 7.10. The van der Waals surface area contributed by atoms with Crippen LogP contribution in [0, 0.1) is 0 Å². The molecule has 0 aromatic heterocycles. The average Bonchev–Trinajstić information content (AvgIpc) is 2.35. The van der Waals surface area contributed by atoms with Crippen LogP contribution in [0.15, 0.2) is 28.7 Å². The summed E-state index contributed by atoms with van der Waals surface area (Å²) in [5.41, 5.74) is 0.875. The highest BCUT2D eigenvalue weighted by molar-refractivity contribution is 9.10. The van der Waals surface area contributed by atoms with Gasteiger partial charge in [0.2, 0.25) is 0 Å². The van der Waals surface area contributed by atoms with E-state index in [9.17, 15) is 9.59 Å². The molecule has 4 N–H and O–H groups in total. The number of aliphatic hydroxyl groups excluding tert-OH is 1. The Hall–Kier alpha value is -1.60. The Morgan fingerprint density at radius 1 is 1.37 bits per heavy atom. The second-order valence-corrected chi connectivity index (χ2v) is 4.88. The number of aliphatic hydroxyl groups is 1. The van der Waals surface area contributed by atoms with Crippen LogP contribution in [0.1, 0.15) is 18.5 Å². The van der Waals surface area contributed by atoms with Crippen molar-refractivity contribution in [3.8, 4) is 0 Å². The van der Waals surface area contributed by atoms with Crippen LogP contribution in [0.4, 0.5) is 4.79 Å². The molecule has 0 spiro atoms. The molecule has 1 aromatic rings. The van der Waals surface area contributed by atoms with Gasteiger partial charge in [-0.05, 0) is 24.6 Å². The molecule has 1 rings (SSSR count). The Balaban J connectivity index is 2.59. The fourth-order valence-electron chi connectivity index (χ4n) is 1.44. The summed E-state index contributed by atoms with van der Waals surface area (Å²) in [4.78, 5) is 22.2. The van der Waals surface area contributed by atoms with Crippen molar-refractivity contribution in [1.82, 2.24) is 10.6 Å². The lowest BCUT2D eigenvalue weighted by molar-refractivity contribution is -0.140. The van der Waals surface area contributed by atoms with Crippen molar-refractivity contribution in [2.75, 3.05) is 6.61 Å². The minimum atomic E-state index is -1.31. The van der Waals surface area contributed by atoms with Crippen molar-refractivity contribution < 1.29 is 19.8 Å². The van der Waals surface area contributed by atoms with Crippen LogP contribution >= 0.6 is 15.9 Å². The molecule has 104 valence electrons. The van der Waals surface area contributed by atoms with Gasteiger partial charge in [-0.2, -0.15) is 0 Å². The van der Waals surface area contributed by atoms with E-state index in [0.29, 0.717) is 0 Å². The minimum Gasteiger partial charge on any atom is -0.480 e. The molecule has 1 aromatic carbocycles. The number of halogens is 1. The topological polar surface area (TPSA) is 98.7 Å². The summed E-state index contributed by atoms with van der Waals surface area (Å²) >= 11 is 3.33. The fourth-order valence-corrected chi connectivity index (χ4v) is 1.86. The van der Waals surface area contributed by atoms with E-state index in [4.69, 9.17) is 10.2 Å². The lowest BCUT2D eigenvalue weighted by Crippen LogP contribution is -2.48. The van der Waals surface area contributed by atoms with Crippen molar-refractivity contribution in [2.45, 2.75) is 19.0 Å². The van der Waals surface area contributed by atoms with E-state index < -0.39 is 24.6 Å². The molecule has 1 unspecified atom stereocenters. The Bertz CT molecular complexity index is 467. The number of urea groups is 1. The molecule has 0 aliphatic carbocycles. The van der Waals surface area contributed by atoms with E-state index in [2.05, 4.69) is 26.6 Å². The van der Waals surface area contributed by atoms with Crippen LogP contribution in [-0.2, 0) is 4.79 Å². The first-order valence-corrected chi connectivity index (χ1v) is 6.39. The maximum Gasteiger partial charge on any atom is 0.328 e. The van der Waals surface area contributed by atoms with Crippen molar-refractivity contribution in [3.63, 3.8) is 0 Å². The first kappa shape index (κ1) is 15.5. The van der Waals surface area contributed by atoms with Gasteiger partial charge < -0.3 is 20.8 Å². The molecule has 0 fully saturated rings. The molecule has 0 radical (unpaired) electrons. The Morgan fingerprint density at radius 3 is 2.58 bits per heavy atom. The average molecular weight is 331 g/mol. The number of aliphatic carboxylic acids is 1. The maximum atomic E-state index is 11.6. The van der Waals surface area contributed by atoms with Crippen LogP contribution < -0.4 is 10.6 Å². The summed E-state index contributed by atoms with van der Waals surface area (Å²) in [5, 5.41) is 22.3. The smallest absolute Gasteiger partial charge is 0.328 e. The number of hydrogen-bond acceptors (Lipinski definition) is 3. The SMILES string of the molecule is CC(NC(=O)N[C@@H](CO)C(=O)O)c1cccc(Br)c1. The molecule has 7 heteroatoms. The third-order valence-electron chi connectivity index (χ3n) is 2.48. The van der Waals surface area contributed by atoms with E-state index in [1.54, 1.807) is 6.92 Å². The minimum absolute atomic E-state index is 0.286. The quantitative estimate of drug-likeness (QED) is 0.653. The predicted molar refractivity (Wildman–Crippen MR) is 72.7 cm³/mol. The van der Waals surface area contributed by atoms with Gasteiger partial charge in [0.1, 0.15) is 0 Å². The zero-order valence-electron chi connectivity index (χ0n) is 10.3. The second-order valence-electron chi connectivity index (χ2n) is 3.97. The molecule has 0 aliphatic heterocycles. The van der Waals surface area contributed by atoms with Gasteiger partial charge in [0, 0.05) is 4.47 Å². The van der Waals surface area contributed by atoms with Crippen molar-refractivity contribution in [3.05, 3.63) is 34.3 Å². The van der Waals surface area contributed by atoms with Crippen LogP contribution in [0.2, 0.25) is 0 Å². The number of rotatable bonds is 5. The maximum absolute atomic E-state index is 11.6. The Kier molecular flexibility index (Phi) is 5.78. The molecule has 0 heterocycles. The van der Waals surface area contributed by atoms with Gasteiger partial charge in [-0.15, -0.1) is 0 Å². The van der Waals surface area contributed by atoms with E-state index >= 15 is 0 Å². The number of hydrogen-bond donors (Lipinski definition) is 4. The largest absolute Gasteiger partial charge is 0.480 e. The summed E-state index contributed by atoms with van der Waals surface area (Å²) in [5.74, 6) is -1.28. The fraction of sp³-hybridized carbons (Fsp3) is 0.333. The number of carbonyl (C=O) groups is 2. The van der Waals surface area contributed by atoms with Crippen LogP contribution in [0.3, 0.4) is 0 Å². The normalized spacial score (nSPS) is 13.4. The molecule has 6 nitrogen and oxygen atoms in total. The summed E-state index contributed by atoms with van der Waals surface area (Å²) < 4.78 is 0.887. The zero-order valence-corrected chi connectivity index (χ0v) is 11.8. The monoisotopic (exact) mass is 330 g/mol. The van der Waals surface area contributed by atoms with E-state index in [1.165, 1.54) is 0 Å². The van der Waals surface area contributed by atoms with E-state index in [1.807, 2.05) is 24.3 Å². The third-order valence-corrected chi connectivity index (χ3v) is 2.98.